The molecule has 1 aliphatic rings. The van der Waals surface area contributed by atoms with E-state index in [0.717, 1.165) is 29.9 Å². The van der Waals surface area contributed by atoms with E-state index in [9.17, 15) is 9.18 Å². The maximum atomic E-state index is 13.2. The lowest BCUT2D eigenvalue weighted by atomic mass is 10.1. The normalized spacial score (nSPS) is 16.7. The van der Waals surface area contributed by atoms with Gasteiger partial charge in [0.05, 0.1) is 6.04 Å². The average molecular weight is 381 g/mol. The highest BCUT2D eigenvalue weighted by atomic mass is 19.1. The molecule has 3 heterocycles. The molecule has 1 fully saturated rings. The van der Waals surface area contributed by atoms with Gasteiger partial charge in [-0.1, -0.05) is 12.1 Å². The van der Waals surface area contributed by atoms with Gasteiger partial charge in [-0.05, 0) is 50.5 Å². The van der Waals surface area contributed by atoms with E-state index < -0.39 is 0 Å². The van der Waals surface area contributed by atoms with E-state index in [1.165, 1.54) is 12.1 Å². The van der Waals surface area contributed by atoms with E-state index in [1.807, 2.05) is 24.9 Å². The van der Waals surface area contributed by atoms with Crippen LogP contribution >= 0.6 is 0 Å². The number of benzene rings is 1. The second-order valence-corrected chi connectivity index (χ2v) is 7.16. The molecule has 7 heteroatoms. The number of aromatic nitrogens is 4. The van der Waals surface area contributed by atoms with Gasteiger partial charge in [-0.2, -0.15) is 5.10 Å². The fourth-order valence-corrected chi connectivity index (χ4v) is 3.92. The summed E-state index contributed by atoms with van der Waals surface area (Å²) in [5.74, 6) is 0.637. The quantitative estimate of drug-likeness (QED) is 0.679. The van der Waals surface area contributed by atoms with E-state index in [1.54, 1.807) is 29.1 Å². The van der Waals surface area contributed by atoms with Crippen LogP contribution in [-0.4, -0.2) is 36.7 Å². The van der Waals surface area contributed by atoms with Crippen molar-refractivity contribution in [1.29, 1.82) is 0 Å². The third kappa shape index (κ3) is 3.32. The van der Waals surface area contributed by atoms with Crippen molar-refractivity contribution in [2.75, 3.05) is 6.54 Å². The SMILES string of the molecule is CCn1nccc1C(=O)N1CCC[C@H]1c1ncc(C)n1Cc1ccc(F)cc1. The number of hydrogen-bond donors (Lipinski definition) is 0. The first-order chi connectivity index (χ1) is 13.6. The van der Waals surface area contributed by atoms with Gasteiger partial charge < -0.3 is 9.47 Å². The predicted molar refractivity (Wildman–Crippen MR) is 103 cm³/mol. The molecular weight excluding hydrogens is 357 g/mol. The van der Waals surface area contributed by atoms with Crippen LogP contribution < -0.4 is 0 Å². The van der Waals surface area contributed by atoms with Crippen LogP contribution in [0.1, 0.15) is 53.4 Å². The molecule has 1 saturated heterocycles. The number of rotatable bonds is 5. The number of nitrogens with zero attached hydrogens (tertiary/aromatic N) is 5. The van der Waals surface area contributed by atoms with Crippen molar-refractivity contribution in [2.24, 2.45) is 0 Å². The van der Waals surface area contributed by atoms with Crippen LogP contribution in [0, 0.1) is 12.7 Å². The fraction of sp³-hybridized carbons (Fsp3) is 0.381. The zero-order valence-electron chi connectivity index (χ0n) is 16.2. The molecular formula is C21H24FN5O. The maximum Gasteiger partial charge on any atom is 0.272 e. The first-order valence-corrected chi connectivity index (χ1v) is 9.67. The molecule has 0 saturated carbocycles. The summed E-state index contributed by atoms with van der Waals surface area (Å²) in [5.41, 5.74) is 2.64. The number of hydrogen-bond acceptors (Lipinski definition) is 3. The molecule has 0 spiro atoms. The third-order valence-corrected chi connectivity index (χ3v) is 5.39. The lowest BCUT2D eigenvalue weighted by molar-refractivity contribution is 0.0715. The van der Waals surface area contributed by atoms with Crippen molar-refractivity contribution < 1.29 is 9.18 Å². The number of likely N-dealkylation sites (tertiary alicyclic amines) is 1. The second kappa shape index (κ2) is 7.58. The molecule has 0 aliphatic carbocycles. The van der Waals surface area contributed by atoms with Gasteiger partial charge in [0.1, 0.15) is 17.3 Å². The van der Waals surface area contributed by atoms with Gasteiger partial charge in [-0.15, -0.1) is 0 Å². The second-order valence-electron chi connectivity index (χ2n) is 7.16. The highest BCUT2D eigenvalue weighted by molar-refractivity contribution is 5.93. The molecule has 3 aromatic rings. The summed E-state index contributed by atoms with van der Waals surface area (Å²) < 4.78 is 17.1. The largest absolute Gasteiger partial charge is 0.327 e. The van der Waals surface area contributed by atoms with E-state index in [-0.39, 0.29) is 17.8 Å². The van der Waals surface area contributed by atoms with Crippen LogP contribution in [-0.2, 0) is 13.1 Å². The Hall–Kier alpha value is -2.96. The summed E-state index contributed by atoms with van der Waals surface area (Å²) in [6.45, 7) is 5.95. The topological polar surface area (TPSA) is 56.0 Å². The molecule has 0 unspecified atom stereocenters. The summed E-state index contributed by atoms with van der Waals surface area (Å²) in [4.78, 5) is 19.7. The number of halogens is 1. The Morgan fingerprint density at radius 3 is 2.79 bits per heavy atom. The summed E-state index contributed by atoms with van der Waals surface area (Å²) in [6, 6.07) is 8.22. The highest BCUT2D eigenvalue weighted by Crippen LogP contribution is 2.33. The Bertz CT molecular complexity index is 975. The van der Waals surface area contributed by atoms with Gasteiger partial charge in [0.25, 0.3) is 5.91 Å². The van der Waals surface area contributed by atoms with E-state index in [2.05, 4.69) is 14.6 Å². The zero-order chi connectivity index (χ0) is 19.7. The van der Waals surface area contributed by atoms with Gasteiger partial charge in [0.2, 0.25) is 0 Å². The van der Waals surface area contributed by atoms with Crippen molar-refractivity contribution >= 4 is 5.91 Å². The predicted octanol–water partition coefficient (Wildman–Crippen LogP) is 3.57. The Morgan fingerprint density at radius 2 is 2.04 bits per heavy atom. The number of carbonyl (C=O) groups excluding carboxylic acids is 1. The lowest BCUT2D eigenvalue weighted by Crippen LogP contribution is -2.33. The molecule has 6 nitrogen and oxygen atoms in total. The molecule has 1 atom stereocenters. The molecule has 4 rings (SSSR count). The van der Waals surface area contributed by atoms with E-state index >= 15 is 0 Å². The summed E-state index contributed by atoms with van der Waals surface area (Å²) >= 11 is 0. The highest BCUT2D eigenvalue weighted by Gasteiger charge is 2.34. The molecule has 1 aliphatic heterocycles. The van der Waals surface area contributed by atoms with Crippen molar-refractivity contribution in [3.63, 3.8) is 0 Å². The van der Waals surface area contributed by atoms with E-state index in [0.29, 0.717) is 25.3 Å². The standard InChI is InChI=1S/C21H24FN5O/c1-3-27-19(10-11-24-27)21(28)25-12-4-5-18(25)20-23-13-15(2)26(20)14-16-6-8-17(22)9-7-16/h6-11,13,18H,3-5,12,14H2,1-2H3/t18-/m0/s1. The van der Waals surface area contributed by atoms with Gasteiger partial charge in [0.15, 0.2) is 0 Å². The maximum absolute atomic E-state index is 13.2. The molecule has 0 N–H and O–H groups in total. The van der Waals surface area contributed by atoms with Crippen LogP contribution in [0.4, 0.5) is 4.39 Å². The third-order valence-electron chi connectivity index (χ3n) is 5.39. The first kappa shape index (κ1) is 18.4. The van der Waals surface area contributed by atoms with Crippen molar-refractivity contribution in [3.8, 4) is 0 Å². The minimum absolute atomic E-state index is 0.00386. The lowest BCUT2D eigenvalue weighted by Gasteiger charge is -2.25. The van der Waals surface area contributed by atoms with Crippen LogP contribution in [0.2, 0.25) is 0 Å². The summed E-state index contributed by atoms with van der Waals surface area (Å²) in [7, 11) is 0. The van der Waals surface area contributed by atoms with Crippen molar-refractivity contribution in [2.45, 2.75) is 45.8 Å². The number of carbonyl (C=O) groups is 1. The molecule has 0 radical (unpaired) electrons. The van der Waals surface area contributed by atoms with Crippen LogP contribution in [0.25, 0.3) is 0 Å². The minimum atomic E-state index is -0.244. The number of imidazole rings is 1. The van der Waals surface area contributed by atoms with Crippen LogP contribution in [0.15, 0.2) is 42.7 Å². The fourth-order valence-electron chi connectivity index (χ4n) is 3.92. The smallest absolute Gasteiger partial charge is 0.272 e. The van der Waals surface area contributed by atoms with Crippen LogP contribution in [0.3, 0.4) is 0 Å². The average Bonchev–Trinajstić information content (AvgIpc) is 3.43. The summed E-state index contributed by atoms with van der Waals surface area (Å²) in [6.07, 6.45) is 5.34. The van der Waals surface area contributed by atoms with Crippen molar-refractivity contribution in [1.82, 2.24) is 24.2 Å². The van der Waals surface area contributed by atoms with Gasteiger partial charge >= 0.3 is 0 Å². The number of aryl methyl sites for hydroxylation is 2. The minimum Gasteiger partial charge on any atom is -0.327 e. The molecule has 0 bridgehead atoms. The molecule has 146 valence electrons. The Balaban J connectivity index is 1.63. The number of amides is 1. The Morgan fingerprint density at radius 1 is 1.25 bits per heavy atom. The summed E-state index contributed by atoms with van der Waals surface area (Å²) in [5, 5.41) is 4.23. The van der Waals surface area contributed by atoms with Crippen LogP contribution in [0.5, 0.6) is 0 Å². The van der Waals surface area contributed by atoms with Gasteiger partial charge in [0, 0.05) is 37.7 Å². The monoisotopic (exact) mass is 381 g/mol. The zero-order valence-corrected chi connectivity index (χ0v) is 16.2. The molecule has 1 amide bonds. The molecule has 2 aromatic heterocycles. The van der Waals surface area contributed by atoms with Gasteiger partial charge in [-0.25, -0.2) is 9.37 Å². The van der Waals surface area contributed by atoms with Crippen molar-refractivity contribution in [3.05, 3.63) is 71.3 Å². The first-order valence-electron chi connectivity index (χ1n) is 9.67. The van der Waals surface area contributed by atoms with E-state index in [4.69, 9.17) is 0 Å². The van der Waals surface area contributed by atoms with Gasteiger partial charge in [-0.3, -0.25) is 9.48 Å². The Labute approximate surface area is 163 Å². The Kier molecular flexibility index (Phi) is 4.98. The molecule has 1 aromatic carbocycles. The molecule has 28 heavy (non-hydrogen) atoms.